The molecule has 0 atom stereocenters. The summed E-state index contributed by atoms with van der Waals surface area (Å²) in [6.45, 7) is 0.598. The summed E-state index contributed by atoms with van der Waals surface area (Å²) in [7, 11) is 0. The van der Waals surface area contributed by atoms with Gasteiger partial charge >= 0.3 is 0 Å². The maximum atomic E-state index is 13.1. The number of benzene rings is 2. The van der Waals surface area contributed by atoms with E-state index in [-0.39, 0.29) is 17.0 Å². The molecule has 24 heavy (non-hydrogen) atoms. The van der Waals surface area contributed by atoms with Crippen molar-refractivity contribution >= 4 is 11.6 Å². The third-order valence-corrected chi connectivity index (χ3v) is 4.39. The molecule has 118 valence electrons. The molecule has 0 aliphatic carbocycles. The van der Waals surface area contributed by atoms with Gasteiger partial charge in [-0.2, -0.15) is 0 Å². The first kappa shape index (κ1) is 14.5. The van der Waals surface area contributed by atoms with E-state index in [1.807, 2.05) is 54.6 Å². The van der Waals surface area contributed by atoms with Gasteiger partial charge < -0.3 is 9.88 Å². The van der Waals surface area contributed by atoms with Crippen molar-refractivity contribution in [1.29, 1.82) is 0 Å². The number of rotatable bonds is 2. The monoisotopic (exact) mass is 316 g/mol. The van der Waals surface area contributed by atoms with Crippen LogP contribution in [0.25, 0.3) is 11.1 Å². The molecule has 0 bridgehead atoms. The van der Waals surface area contributed by atoms with Gasteiger partial charge in [0.05, 0.1) is 0 Å². The Balaban J connectivity index is 1.83. The fourth-order valence-electron chi connectivity index (χ4n) is 3.23. The van der Waals surface area contributed by atoms with E-state index in [4.69, 9.17) is 0 Å². The molecule has 0 saturated carbocycles. The number of aromatic amines is 1. The summed E-state index contributed by atoms with van der Waals surface area (Å²) in [6, 6.07) is 19.1. The zero-order valence-electron chi connectivity index (χ0n) is 13.0. The molecule has 2 heterocycles. The van der Waals surface area contributed by atoms with Gasteiger partial charge in [-0.25, -0.2) is 0 Å². The van der Waals surface area contributed by atoms with Gasteiger partial charge in [0.25, 0.3) is 11.5 Å². The van der Waals surface area contributed by atoms with Crippen molar-refractivity contribution in [3.8, 4) is 11.1 Å². The maximum Gasteiger partial charge on any atom is 0.264 e. The van der Waals surface area contributed by atoms with Gasteiger partial charge in [0.2, 0.25) is 0 Å². The van der Waals surface area contributed by atoms with Crippen LogP contribution in [0.1, 0.15) is 15.9 Å². The second kappa shape index (κ2) is 5.81. The molecule has 1 aliphatic heterocycles. The molecule has 1 aromatic heterocycles. The highest BCUT2D eigenvalue weighted by Gasteiger charge is 2.28. The zero-order chi connectivity index (χ0) is 16.5. The van der Waals surface area contributed by atoms with Crippen LogP contribution in [0.5, 0.6) is 0 Å². The van der Waals surface area contributed by atoms with Crippen molar-refractivity contribution in [3.05, 3.63) is 88.3 Å². The average Bonchev–Trinajstić information content (AvgIpc) is 3.06. The molecule has 3 aromatic rings. The maximum absolute atomic E-state index is 13.1. The van der Waals surface area contributed by atoms with E-state index in [9.17, 15) is 9.59 Å². The van der Waals surface area contributed by atoms with Gasteiger partial charge in [-0.3, -0.25) is 9.59 Å². The van der Waals surface area contributed by atoms with Crippen molar-refractivity contribution in [3.63, 3.8) is 0 Å². The smallest absolute Gasteiger partial charge is 0.264 e. The Morgan fingerprint density at radius 2 is 1.71 bits per heavy atom. The van der Waals surface area contributed by atoms with Crippen molar-refractivity contribution in [2.24, 2.45) is 0 Å². The second-order valence-corrected chi connectivity index (χ2v) is 5.80. The van der Waals surface area contributed by atoms with E-state index in [1.54, 1.807) is 17.2 Å². The van der Waals surface area contributed by atoms with Crippen LogP contribution in [-0.2, 0) is 6.42 Å². The first-order valence-corrected chi connectivity index (χ1v) is 7.92. The topological polar surface area (TPSA) is 53.2 Å². The van der Waals surface area contributed by atoms with Crippen LogP contribution in [-0.4, -0.2) is 17.4 Å². The summed E-state index contributed by atoms with van der Waals surface area (Å²) in [4.78, 5) is 29.9. The van der Waals surface area contributed by atoms with Crippen LogP contribution in [0.2, 0.25) is 0 Å². The standard InChI is InChI=1S/C20H16N2O2/c23-19-18(16(10-12-21-19)14-6-2-1-3-7-14)20(24)22-13-11-15-8-4-5-9-17(15)22/h1-10,12H,11,13H2,(H,21,23). The second-order valence-electron chi connectivity index (χ2n) is 5.80. The summed E-state index contributed by atoms with van der Waals surface area (Å²) >= 11 is 0. The highest BCUT2D eigenvalue weighted by Crippen LogP contribution is 2.30. The number of carbonyl (C=O) groups excluding carboxylic acids is 1. The lowest BCUT2D eigenvalue weighted by molar-refractivity contribution is 0.0988. The Morgan fingerprint density at radius 1 is 0.958 bits per heavy atom. The van der Waals surface area contributed by atoms with Gasteiger partial charge in [0.15, 0.2) is 0 Å². The van der Waals surface area contributed by atoms with Gasteiger partial charge in [-0.05, 0) is 29.7 Å². The molecule has 4 rings (SSSR count). The van der Waals surface area contributed by atoms with Crippen LogP contribution in [0, 0.1) is 0 Å². The number of nitrogens with one attached hydrogen (secondary N) is 1. The zero-order valence-corrected chi connectivity index (χ0v) is 13.0. The van der Waals surface area contributed by atoms with E-state index in [0.29, 0.717) is 12.1 Å². The first-order chi connectivity index (χ1) is 11.8. The first-order valence-electron chi connectivity index (χ1n) is 7.92. The Labute approximate surface area is 139 Å². The lowest BCUT2D eigenvalue weighted by atomic mass is 10.0. The van der Waals surface area contributed by atoms with E-state index in [0.717, 1.165) is 23.2 Å². The molecule has 0 saturated heterocycles. The molecular weight excluding hydrogens is 300 g/mol. The summed E-state index contributed by atoms with van der Waals surface area (Å²) < 4.78 is 0. The number of hydrogen-bond acceptors (Lipinski definition) is 2. The third kappa shape index (κ3) is 2.33. The molecule has 1 aliphatic rings. The van der Waals surface area contributed by atoms with E-state index < -0.39 is 0 Å². The van der Waals surface area contributed by atoms with Crippen molar-refractivity contribution in [1.82, 2.24) is 4.98 Å². The number of carbonyl (C=O) groups is 1. The number of H-pyrrole nitrogens is 1. The number of para-hydroxylation sites is 1. The number of amides is 1. The summed E-state index contributed by atoms with van der Waals surface area (Å²) in [5.74, 6) is -0.249. The van der Waals surface area contributed by atoms with E-state index in [1.165, 1.54) is 0 Å². The number of anilines is 1. The quantitative estimate of drug-likeness (QED) is 0.789. The lowest BCUT2D eigenvalue weighted by Crippen LogP contribution is -2.34. The van der Waals surface area contributed by atoms with Gasteiger partial charge in [0.1, 0.15) is 5.56 Å². The number of pyridine rings is 1. The Morgan fingerprint density at radius 3 is 2.54 bits per heavy atom. The minimum Gasteiger partial charge on any atom is -0.328 e. The number of aromatic nitrogens is 1. The minimum absolute atomic E-state index is 0.195. The largest absolute Gasteiger partial charge is 0.328 e. The molecule has 0 unspecified atom stereocenters. The normalized spacial score (nSPS) is 12.9. The molecule has 4 nitrogen and oxygen atoms in total. The Bertz CT molecular complexity index is 961. The van der Waals surface area contributed by atoms with Crippen LogP contribution < -0.4 is 10.5 Å². The van der Waals surface area contributed by atoms with Gasteiger partial charge in [-0.15, -0.1) is 0 Å². The predicted molar refractivity (Wildman–Crippen MR) is 94.3 cm³/mol. The SMILES string of the molecule is O=C(c1c(-c2ccccc2)cc[nH]c1=O)N1CCc2ccccc21. The number of nitrogens with zero attached hydrogens (tertiary/aromatic N) is 1. The van der Waals surface area contributed by atoms with Crippen LogP contribution >= 0.6 is 0 Å². The highest BCUT2D eigenvalue weighted by atomic mass is 16.2. The Hall–Kier alpha value is -3.14. The average molecular weight is 316 g/mol. The molecule has 0 fully saturated rings. The molecular formula is C20H16N2O2. The highest BCUT2D eigenvalue weighted by molar-refractivity contribution is 6.10. The van der Waals surface area contributed by atoms with Crippen LogP contribution in [0.3, 0.4) is 0 Å². The van der Waals surface area contributed by atoms with Crippen LogP contribution in [0.15, 0.2) is 71.7 Å². The van der Waals surface area contributed by atoms with Gasteiger partial charge in [0, 0.05) is 24.0 Å². The van der Waals surface area contributed by atoms with Crippen LogP contribution in [0.4, 0.5) is 5.69 Å². The fourth-order valence-corrected chi connectivity index (χ4v) is 3.23. The van der Waals surface area contributed by atoms with Crippen molar-refractivity contribution < 1.29 is 4.79 Å². The van der Waals surface area contributed by atoms with E-state index >= 15 is 0 Å². The minimum atomic E-state index is -0.356. The Kier molecular flexibility index (Phi) is 3.50. The lowest BCUT2D eigenvalue weighted by Gasteiger charge is -2.18. The molecule has 1 N–H and O–H groups in total. The summed E-state index contributed by atoms with van der Waals surface area (Å²) in [6.07, 6.45) is 2.40. The summed E-state index contributed by atoms with van der Waals surface area (Å²) in [5.41, 5.74) is 3.39. The molecule has 2 aromatic carbocycles. The molecule has 0 spiro atoms. The fraction of sp³-hybridized carbons (Fsp3) is 0.100. The molecule has 1 amide bonds. The number of fused-ring (bicyclic) bond motifs is 1. The summed E-state index contributed by atoms with van der Waals surface area (Å²) in [5, 5.41) is 0. The predicted octanol–water partition coefficient (Wildman–Crippen LogP) is 3.24. The number of hydrogen-bond donors (Lipinski definition) is 1. The van der Waals surface area contributed by atoms with Crippen molar-refractivity contribution in [2.75, 3.05) is 11.4 Å². The molecule has 0 radical (unpaired) electrons. The molecule has 4 heteroatoms. The third-order valence-electron chi connectivity index (χ3n) is 4.39. The van der Waals surface area contributed by atoms with Gasteiger partial charge in [-0.1, -0.05) is 48.5 Å². The van der Waals surface area contributed by atoms with Crippen molar-refractivity contribution in [2.45, 2.75) is 6.42 Å². The van der Waals surface area contributed by atoms with E-state index in [2.05, 4.69) is 4.98 Å².